The molecular weight excluding hydrogens is 369 g/mol. The van der Waals surface area contributed by atoms with Crippen LogP contribution >= 0.6 is 0 Å². The second kappa shape index (κ2) is 8.08. The van der Waals surface area contributed by atoms with Crippen molar-refractivity contribution < 1.29 is 18.0 Å². The molecule has 1 amide bonds. The van der Waals surface area contributed by atoms with E-state index in [1.54, 1.807) is 0 Å². The number of amides is 1. The van der Waals surface area contributed by atoms with Crippen LogP contribution in [0.2, 0.25) is 0 Å². The van der Waals surface area contributed by atoms with Gasteiger partial charge in [0.05, 0.1) is 18.1 Å². The van der Waals surface area contributed by atoms with Crippen LogP contribution < -0.4 is 10.2 Å². The van der Waals surface area contributed by atoms with Crippen molar-refractivity contribution in [1.29, 1.82) is 0 Å². The summed E-state index contributed by atoms with van der Waals surface area (Å²) in [5.74, 6) is -4.73. The smallest absolute Gasteiger partial charge is 0.275 e. The lowest BCUT2D eigenvalue weighted by atomic mass is 10.2. The predicted molar refractivity (Wildman–Crippen MR) is 100 cm³/mol. The van der Waals surface area contributed by atoms with Crippen LogP contribution in [0, 0.1) is 24.4 Å². The summed E-state index contributed by atoms with van der Waals surface area (Å²) in [6, 6.07) is 9.50. The molecule has 1 heterocycles. The van der Waals surface area contributed by atoms with Gasteiger partial charge in [-0.25, -0.2) is 23.1 Å². The molecule has 28 heavy (non-hydrogen) atoms. The van der Waals surface area contributed by atoms with Gasteiger partial charge in [0.15, 0.2) is 23.3 Å². The third kappa shape index (κ3) is 3.95. The summed E-state index contributed by atoms with van der Waals surface area (Å²) in [7, 11) is 0. The van der Waals surface area contributed by atoms with E-state index in [9.17, 15) is 18.0 Å². The second-order valence-corrected chi connectivity index (χ2v) is 6.02. The van der Waals surface area contributed by atoms with Gasteiger partial charge in [-0.3, -0.25) is 4.79 Å². The molecule has 3 rings (SSSR count). The summed E-state index contributed by atoms with van der Waals surface area (Å²) in [6.07, 6.45) is 2.66. The van der Waals surface area contributed by atoms with Crippen molar-refractivity contribution in [1.82, 2.24) is 9.97 Å². The Balaban J connectivity index is 1.80. The van der Waals surface area contributed by atoms with Crippen LogP contribution in [0.1, 0.15) is 23.0 Å². The van der Waals surface area contributed by atoms with Crippen molar-refractivity contribution in [2.45, 2.75) is 13.8 Å². The molecule has 0 saturated carbocycles. The number of rotatable bonds is 5. The molecule has 5 nitrogen and oxygen atoms in total. The van der Waals surface area contributed by atoms with Crippen molar-refractivity contribution in [3.05, 3.63) is 77.5 Å². The molecule has 0 aliphatic carbocycles. The molecule has 0 bridgehead atoms. The highest BCUT2D eigenvalue weighted by Gasteiger charge is 2.17. The van der Waals surface area contributed by atoms with Gasteiger partial charge in [0, 0.05) is 12.2 Å². The Morgan fingerprint density at radius 2 is 1.86 bits per heavy atom. The molecule has 0 aliphatic rings. The minimum absolute atomic E-state index is 0.0896. The molecule has 0 radical (unpaired) electrons. The lowest BCUT2D eigenvalue weighted by Crippen LogP contribution is -2.20. The molecule has 0 saturated heterocycles. The second-order valence-electron chi connectivity index (χ2n) is 6.02. The van der Waals surface area contributed by atoms with Gasteiger partial charge in [-0.1, -0.05) is 12.1 Å². The van der Waals surface area contributed by atoms with Crippen LogP contribution in [0.3, 0.4) is 0 Å². The number of halogens is 3. The van der Waals surface area contributed by atoms with Crippen LogP contribution in [0.4, 0.5) is 30.4 Å². The molecular formula is C20H17F3N4O. The Morgan fingerprint density at radius 1 is 1.07 bits per heavy atom. The number of aryl methyl sites for hydroxylation is 1. The number of nitrogens with zero attached hydrogens (tertiary/aromatic N) is 3. The highest BCUT2D eigenvalue weighted by atomic mass is 19.2. The molecule has 0 atom stereocenters. The Hall–Kier alpha value is -3.42. The molecule has 144 valence electrons. The van der Waals surface area contributed by atoms with Gasteiger partial charge in [-0.15, -0.1) is 0 Å². The summed E-state index contributed by atoms with van der Waals surface area (Å²) in [4.78, 5) is 22.4. The maximum atomic E-state index is 13.7. The maximum absolute atomic E-state index is 13.7. The Morgan fingerprint density at radius 3 is 2.50 bits per heavy atom. The van der Waals surface area contributed by atoms with E-state index in [2.05, 4.69) is 15.3 Å². The molecule has 0 unspecified atom stereocenters. The number of benzene rings is 2. The first-order chi connectivity index (χ1) is 13.4. The van der Waals surface area contributed by atoms with Gasteiger partial charge < -0.3 is 10.2 Å². The summed E-state index contributed by atoms with van der Waals surface area (Å²) in [6.45, 7) is 4.56. The number of hydrogen-bond donors (Lipinski definition) is 1. The quantitative estimate of drug-likeness (QED) is 0.651. The zero-order valence-electron chi connectivity index (χ0n) is 15.2. The molecule has 8 heteroatoms. The third-order valence-electron chi connectivity index (χ3n) is 4.06. The van der Waals surface area contributed by atoms with Gasteiger partial charge in [-0.05, 0) is 43.7 Å². The molecule has 2 aromatic carbocycles. The topological polar surface area (TPSA) is 58.1 Å². The van der Waals surface area contributed by atoms with Crippen LogP contribution in [-0.4, -0.2) is 22.4 Å². The van der Waals surface area contributed by atoms with Crippen molar-refractivity contribution in [2.75, 3.05) is 16.8 Å². The zero-order valence-corrected chi connectivity index (χ0v) is 15.2. The molecule has 0 fully saturated rings. The average molecular weight is 386 g/mol. The molecule has 3 aromatic rings. The van der Waals surface area contributed by atoms with E-state index in [4.69, 9.17) is 0 Å². The highest BCUT2D eigenvalue weighted by molar-refractivity contribution is 6.02. The number of hydrogen-bond acceptors (Lipinski definition) is 4. The van der Waals surface area contributed by atoms with Crippen LogP contribution in [-0.2, 0) is 0 Å². The molecule has 0 spiro atoms. The minimum atomic E-state index is -1.66. The van der Waals surface area contributed by atoms with Gasteiger partial charge in [0.25, 0.3) is 5.91 Å². The molecule has 0 aliphatic heterocycles. The number of nitrogens with one attached hydrogen (secondary N) is 1. The third-order valence-corrected chi connectivity index (χ3v) is 4.06. The van der Waals surface area contributed by atoms with Crippen molar-refractivity contribution >= 4 is 23.1 Å². The fraction of sp³-hybridized carbons (Fsp3) is 0.150. The first-order valence-corrected chi connectivity index (χ1v) is 8.51. The largest absolute Gasteiger partial charge is 0.325 e. The minimum Gasteiger partial charge on any atom is -0.325 e. The molecule has 1 aromatic heterocycles. The fourth-order valence-electron chi connectivity index (χ4n) is 2.66. The predicted octanol–water partition coefficient (Wildman–Crippen LogP) is 4.61. The highest BCUT2D eigenvalue weighted by Crippen LogP contribution is 2.24. The summed E-state index contributed by atoms with van der Waals surface area (Å²) in [5.41, 5.74) is 1.45. The SMILES string of the molecule is CCN(c1cccc(C)c1)c1cnc(C(=O)Nc2ccc(F)c(F)c2F)cn1. The Labute approximate surface area is 159 Å². The number of aromatic nitrogens is 2. The van der Waals surface area contributed by atoms with E-state index in [1.165, 1.54) is 12.4 Å². The van der Waals surface area contributed by atoms with Crippen LogP contribution in [0.25, 0.3) is 0 Å². The lowest BCUT2D eigenvalue weighted by molar-refractivity contribution is 0.102. The van der Waals surface area contributed by atoms with E-state index >= 15 is 0 Å². The monoisotopic (exact) mass is 386 g/mol. The van der Waals surface area contributed by atoms with Crippen LogP contribution in [0.15, 0.2) is 48.8 Å². The zero-order chi connectivity index (χ0) is 20.3. The van der Waals surface area contributed by atoms with E-state index in [1.807, 2.05) is 43.0 Å². The number of carbonyl (C=O) groups is 1. The first-order valence-electron chi connectivity index (χ1n) is 8.51. The first kappa shape index (κ1) is 19.3. The normalized spacial score (nSPS) is 10.6. The lowest BCUT2D eigenvalue weighted by Gasteiger charge is -2.22. The Kier molecular flexibility index (Phi) is 5.58. The average Bonchev–Trinajstić information content (AvgIpc) is 2.69. The number of carbonyl (C=O) groups excluding carboxylic acids is 1. The van der Waals surface area contributed by atoms with Gasteiger partial charge in [0.2, 0.25) is 0 Å². The van der Waals surface area contributed by atoms with E-state index in [-0.39, 0.29) is 5.69 Å². The number of anilines is 3. The summed E-state index contributed by atoms with van der Waals surface area (Å²) < 4.78 is 40.0. The van der Waals surface area contributed by atoms with E-state index in [0.717, 1.165) is 23.4 Å². The van der Waals surface area contributed by atoms with Crippen LogP contribution in [0.5, 0.6) is 0 Å². The van der Waals surface area contributed by atoms with Gasteiger partial charge in [-0.2, -0.15) is 0 Å². The van der Waals surface area contributed by atoms with E-state index in [0.29, 0.717) is 12.4 Å². The van der Waals surface area contributed by atoms with E-state index < -0.39 is 29.0 Å². The molecule has 1 N–H and O–H groups in total. The fourth-order valence-corrected chi connectivity index (χ4v) is 2.66. The van der Waals surface area contributed by atoms with Crippen molar-refractivity contribution in [2.24, 2.45) is 0 Å². The van der Waals surface area contributed by atoms with Gasteiger partial charge in [0.1, 0.15) is 5.69 Å². The summed E-state index contributed by atoms with van der Waals surface area (Å²) >= 11 is 0. The Bertz CT molecular complexity index is 1010. The van der Waals surface area contributed by atoms with Gasteiger partial charge >= 0.3 is 0 Å². The van der Waals surface area contributed by atoms with Crippen molar-refractivity contribution in [3.8, 4) is 0 Å². The standard InChI is InChI=1S/C20H17F3N4O/c1-3-27(13-6-4-5-12(2)9-13)17-11-24-16(10-25-17)20(28)26-15-8-7-14(21)18(22)19(15)23/h4-11H,3H2,1-2H3,(H,26,28). The summed E-state index contributed by atoms with van der Waals surface area (Å²) in [5, 5.41) is 2.16. The maximum Gasteiger partial charge on any atom is 0.275 e. The van der Waals surface area contributed by atoms with Crippen molar-refractivity contribution in [3.63, 3.8) is 0 Å².